The van der Waals surface area contributed by atoms with Gasteiger partial charge in [0.1, 0.15) is 0 Å². The molecule has 2 nitrogen and oxygen atoms in total. The fraction of sp³-hybridized carbons (Fsp3) is 1.00. The van der Waals surface area contributed by atoms with Crippen molar-refractivity contribution in [1.82, 2.24) is 10.2 Å². The Labute approximate surface area is 121 Å². The summed E-state index contributed by atoms with van der Waals surface area (Å²) in [7, 11) is 2.09. The smallest absolute Gasteiger partial charge is 0.00475 e. The Morgan fingerprint density at radius 2 is 1.68 bits per heavy atom. The maximum Gasteiger partial charge on any atom is 0.00475 e. The molecule has 0 amide bonds. The lowest BCUT2D eigenvalue weighted by atomic mass is 9.73. The van der Waals surface area contributed by atoms with Crippen LogP contribution in [-0.4, -0.2) is 38.1 Å². The van der Waals surface area contributed by atoms with Gasteiger partial charge >= 0.3 is 0 Å². The second kappa shape index (κ2) is 7.64. The second-order valence-corrected chi connectivity index (χ2v) is 7.07. The van der Waals surface area contributed by atoms with Gasteiger partial charge in [-0.1, -0.05) is 47.0 Å². The van der Waals surface area contributed by atoms with E-state index in [9.17, 15) is 0 Å². The summed E-state index contributed by atoms with van der Waals surface area (Å²) in [4.78, 5) is 2.72. The third-order valence-corrected chi connectivity index (χ3v) is 5.48. The van der Waals surface area contributed by atoms with E-state index in [2.05, 4.69) is 45.0 Å². The zero-order valence-corrected chi connectivity index (χ0v) is 14.0. The van der Waals surface area contributed by atoms with Crippen LogP contribution in [0.1, 0.15) is 66.2 Å². The predicted molar refractivity (Wildman–Crippen MR) is 85.6 cm³/mol. The topological polar surface area (TPSA) is 15.3 Å². The molecule has 19 heavy (non-hydrogen) atoms. The summed E-state index contributed by atoms with van der Waals surface area (Å²) in [6.07, 6.45) is 8.15. The van der Waals surface area contributed by atoms with Crippen molar-refractivity contribution in [2.24, 2.45) is 10.8 Å². The normalized spacial score (nSPS) is 23.2. The van der Waals surface area contributed by atoms with Crippen LogP contribution in [0.5, 0.6) is 0 Å². The number of hydrogen-bond acceptors (Lipinski definition) is 2. The van der Waals surface area contributed by atoms with Crippen molar-refractivity contribution in [3.63, 3.8) is 0 Å². The van der Waals surface area contributed by atoms with Gasteiger partial charge < -0.3 is 10.2 Å². The molecule has 1 rings (SSSR count). The average molecular weight is 268 g/mol. The van der Waals surface area contributed by atoms with E-state index in [1.807, 2.05) is 0 Å². The Balaban J connectivity index is 2.50. The zero-order valence-electron chi connectivity index (χ0n) is 14.0. The molecule has 0 aliphatic carbocycles. The van der Waals surface area contributed by atoms with Gasteiger partial charge in [0.05, 0.1) is 0 Å². The van der Waals surface area contributed by atoms with E-state index in [0.29, 0.717) is 10.8 Å². The van der Waals surface area contributed by atoms with Crippen LogP contribution >= 0.6 is 0 Å². The van der Waals surface area contributed by atoms with Crippen LogP contribution in [0.2, 0.25) is 0 Å². The lowest BCUT2D eigenvalue weighted by Crippen LogP contribution is -2.46. The summed E-state index contributed by atoms with van der Waals surface area (Å²) in [6, 6.07) is 0. The highest BCUT2D eigenvalue weighted by Gasteiger charge is 2.33. The molecule has 1 fully saturated rings. The molecule has 0 saturated carbocycles. The van der Waals surface area contributed by atoms with E-state index in [4.69, 9.17) is 0 Å². The molecule has 2 heteroatoms. The Bertz CT molecular complexity index is 230. The first kappa shape index (κ1) is 17.0. The lowest BCUT2D eigenvalue weighted by Gasteiger charge is -2.44. The quantitative estimate of drug-likeness (QED) is 0.718. The van der Waals surface area contributed by atoms with Crippen LogP contribution < -0.4 is 5.32 Å². The van der Waals surface area contributed by atoms with Crippen molar-refractivity contribution >= 4 is 0 Å². The van der Waals surface area contributed by atoms with E-state index in [0.717, 1.165) is 6.54 Å². The van der Waals surface area contributed by atoms with Gasteiger partial charge in [-0.2, -0.15) is 0 Å². The first-order chi connectivity index (χ1) is 9.03. The molecular formula is C17H36N2. The fourth-order valence-electron chi connectivity index (χ4n) is 3.94. The Morgan fingerprint density at radius 1 is 1.11 bits per heavy atom. The molecule has 1 atom stereocenters. The fourth-order valence-corrected chi connectivity index (χ4v) is 3.94. The first-order valence-electron chi connectivity index (χ1n) is 8.40. The van der Waals surface area contributed by atoms with E-state index in [1.54, 1.807) is 0 Å². The Morgan fingerprint density at radius 3 is 2.11 bits per heavy atom. The molecule has 1 saturated heterocycles. The predicted octanol–water partition coefficient (Wildman–Crippen LogP) is 3.91. The number of likely N-dealkylation sites (tertiary alicyclic amines) is 1. The Hall–Kier alpha value is -0.0800. The van der Waals surface area contributed by atoms with E-state index in [1.165, 1.54) is 58.2 Å². The van der Waals surface area contributed by atoms with Crippen LogP contribution in [0.4, 0.5) is 0 Å². The molecule has 1 N–H and O–H groups in total. The minimum absolute atomic E-state index is 0.446. The molecule has 0 radical (unpaired) electrons. The van der Waals surface area contributed by atoms with Crippen molar-refractivity contribution in [2.45, 2.75) is 66.2 Å². The van der Waals surface area contributed by atoms with Gasteiger partial charge in [0.15, 0.2) is 0 Å². The first-order valence-corrected chi connectivity index (χ1v) is 8.40. The van der Waals surface area contributed by atoms with Crippen molar-refractivity contribution in [3.05, 3.63) is 0 Å². The van der Waals surface area contributed by atoms with Crippen LogP contribution in [0.25, 0.3) is 0 Å². The molecular weight excluding hydrogens is 232 g/mol. The highest BCUT2D eigenvalue weighted by molar-refractivity contribution is 4.87. The van der Waals surface area contributed by atoms with Crippen molar-refractivity contribution in [1.29, 1.82) is 0 Å². The molecule has 1 heterocycles. The number of rotatable bonds is 8. The van der Waals surface area contributed by atoms with Gasteiger partial charge in [-0.3, -0.25) is 0 Å². The van der Waals surface area contributed by atoms with Crippen molar-refractivity contribution < 1.29 is 0 Å². The number of hydrogen-bond donors (Lipinski definition) is 1. The van der Waals surface area contributed by atoms with E-state index >= 15 is 0 Å². The highest BCUT2D eigenvalue weighted by Crippen LogP contribution is 2.38. The van der Waals surface area contributed by atoms with Crippen LogP contribution in [0.3, 0.4) is 0 Å². The summed E-state index contributed by atoms with van der Waals surface area (Å²) in [5.74, 6) is 0. The van der Waals surface area contributed by atoms with Gasteiger partial charge in [0.2, 0.25) is 0 Å². The highest BCUT2D eigenvalue weighted by atomic mass is 15.1. The average Bonchev–Trinajstić information content (AvgIpc) is 2.40. The summed E-state index contributed by atoms with van der Waals surface area (Å²) in [5.41, 5.74) is 1.10. The number of nitrogens with one attached hydrogen (secondary N) is 1. The summed E-state index contributed by atoms with van der Waals surface area (Å²) >= 11 is 0. The van der Waals surface area contributed by atoms with E-state index in [-0.39, 0.29) is 0 Å². The van der Waals surface area contributed by atoms with E-state index < -0.39 is 0 Å². The van der Waals surface area contributed by atoms with Crippen molar-refractivity contribution in [2.75, 3.05) is 33.2 Å². The molecule has 114 valence electrons. The van der Waals surface area contributed by atoms with Crippen molar-refractivity contribution in [3.8, 4) is 0 Å². The summed E-state index contributed by atoms with van der Waals surface area (Å²) < 4.78 is 0. The number of nitrogens with zero attached hydrogens (tertiary/aromatic N) is 1. The maximum atomic E-state index is 3.39. The standard InChI is InChI=1S/C17H36N2/c1-6-9-16(4,14-18-5)15-19-12-10-17(7-2,8-3)11-13-19/h18H,6-15H2,1-5H3. The summed E-state index contributed by atoms with van der Waals surface area (Å²) in [5, 5.41) is 3.39. The molecule has 0 aromatic carbocycles. The van der Waals surface area contributed by atoms with Gasteiger partial charge in [-0.05, 0) is 50.2 Å². The molecule has 1 aliphatic heterocycles. The monoisotopic (exact) mass is 268 g/mol. The summed E-state index contributed by atoms with van der Waals surface area (Å²) in [6.45, 7) is 14.5. The molecule has 0 spiro atoms. The van der Waals surface area contributed by atoms with Gasteiger partial charge in [-0.25, -0.2) is 0 Å². The largest absolute Gasteiger partial charge is 0.319 e. The number of piperidine rings is 1. The third-order valence-electron chi connectivity index (χ3n) is 5.48. The van der Waals surface area contributed by atoms with Crippen LogP contribution in [0.15, 0.2) is 0 Å². The molecule has 0 aromatic rings. The zero-order chi connectivity index (χ0) is 14.4. The third kappa shape index (κ3) is 4.75. The van der Waals surface area contributed by atoms with Crippen LogP contribution in [0, 0.1) is 10.8 Å². The van der Waals surface area contributed by atoms with Gasteiger partial charge in [0.25, 0.3) is 0 Å². The minimum atomic E-state index is 0.446. The Kier molecular flexibility index (Phi) is 6.82. The lowest BCUT2D eigenvalue weighted by molar-refractivity contribution is 0.0618. The molecule has 1 aliphatic rings. The maximum absolute atomic E-state index is 3.39. The van der Waals surface area contributed by atoms with Gasteiger partial charge in [0, 0.05) is 13.1 Å². The molecule has 0 bridgehead atoms. The SMILES string of the molecule is CCCC(C)(CNC)CN1CCC(CC)(CC)CC1. The molecule has 0 aromatic heterocycles. The minimum Gasteiger partial charge on any atom is -0.319 e. The van der Waals surface area contributed by atoms with Gasteiger partial charge in [-0.15, -0.1) is 0 Å². The second-order valence-electron chi connectivity index (χ2n) is 7.07. The van der Waals surface area contributed by atoms with Crippen LogP contribution in [-0.2, 0) is 0 Å². The molecule has 1 unspecified atom stereocenters.